The van der Waals surface area contributed by atoms with E-state index in [-0.39, 0.29) is 115 Å². The first-order valence-corrected chi connectivity index (χ1v) is 25.3. The molecule has 2 heterocycles. The number of benzene rings is 2. The molecule has 0 spiro atoms. The number of nitrogens with two attached hydrogens (primary N) is 5. The average Bonchev–Trinajstić information content (AvgIpc) is 3.77. The number of H-pyrrole nitrogens is 1. The maximum Gasteiger partial charge on any atom is 0.326 e. The number of aromatic nitrogens is 1. The summed E-state index contributed by atoms with van der Waals surface area (Å²) in [4.78, 5) is 136. The summed E-state index contributed by atoms with van der Waals surface area (Å²) < 4.78 is 0. The summed E-state index contributed by atoms with van der Waals surface area (Å²) in [6, 6.07) is 9.33. The van der Waals surface area contributed by atoms with Crippen LogP contribution in [0.3, 0.4) is 0 Å². The Morgan fingerprint density at radius 1 is 0.733 bits per heavy atom. The Morgan fingerprint density at radius 3 is 2.08 bits per heavy atom. The fourth-order valence-corrected chi connectivity index (χ4v) is 8.78. The van der Waals surface area contributed by atoms with E-state index in [1.165, 1.54) is 6.92 Å². The highest BCUT2D eigenvalue weighted by molar-refractivity contribution is 5.99. The lowest BCUT2D eigenvalue weighted by Gasteiger charge is -2.27. The summed E-state index contributed by atoms with van der Waals surface area (Å²) in [5, 5.41) is 26.9. The molecule has 0 unspecified atom stereocenters. The van der Waals surface area contributed by atoms with Crippen LogP contribution in [0.5, 0.6) is 0 Å². The van der Waals surface area contributed by atoms with E-state index in [2.05, 4.69) is 46.9 Å². The molecule has 1 aliphatic rings. The number of carbonyl (C=O) groups excluding carboxylic acids is 8. The number of fused-ring (bicyclic) bond motifs is 1. The highest BCUT2D eigenvalue weighted by atomic mass is 16.4. The van der Waals surface area contributed by atoms with Gasteiger partial charge >= 0.3 is 5.97 Å². The topological polar surface area (TPSA) is 417 Å². The molecular formula is C51H74N14O10. The van der Waals surface area contributed by atoms with Gasteiger partial charge in [-0.05, 0) is 94.4 Å². The van der Waals surface area contributed by atoms with Crippen molar-refractivity contribution in [3.8, 4) is 0 Å². The second-order valence-electron chi connectivity index (χ2n) is 18.7. The van der Waals surface area contributed by atoms with Crippen LogP contribution in [0.25, 0.3) is 10.9 Å². The van der Waals surface area contributed by atoms with Crippen LogP contribution in [0.1, 0.15) is 95.1 Å². The number of aromatic amines is 1. The van der Waals surface area contributed by atoms with Gasteiger partial charge in [0.15, 0.2) is 17.7 Å². The molecule has 4 rings (SSSR count). The van der Waals surface area contributed by atoms with Gasteiger partial charge in [0.05, 0.1) is 12.5 Å². The van der Waals surface area contributed by atoms with Crippen LogP contribution >= 0.6 is 0 Å². The fourth-order valence-electron chi connectivity index (χ4n) is 8.78. The molecule has 24 nitrogen and oxygen atoms in total. The van der Waals surface area contributed by atoms with Crippen molar-refractivity contribution in [2.24, 2.45) is 50.5 Å². The number of rotatable bonds is 19. The number of hydrogen-bond acceptors (Lipinski definition) is 12. The number of carboxylic acid groups (broad SMARTS) is 1. The van der Waals surface area contributed by atoms with Gasteiger partial charge in [-0.3, -0.25) is 48.3 Å². The van der Waals surface area contributed by atoms with Gasteiger partial charge in [-0.25, -0.2) is 4.79 Å². The second-order valence-corrected chi connectivity index (χ2v) is 18.7. The van der Waals surface area contributed by atoms with Crippen molar-refractivity contribution in [1.29, 1.82) is 0 Å². The molecule has 24 heteroatoms. The minimum atomic E-state index is -1.61. The Morgan fingerprint density at radius 2 is 1.40 bits per heavy atom. The number of aliphatic carboxylic acids is 1. The third-order valence-corrected chi connectivity index (χ3v) is 12.7. The summed E-state index contributed by atoms with van der Waals surface area (Å²) in [6.07, 6.45) is 1.49. The molecule has 0 radical (unpaired) electrons. The Hall–Kier alpha value is -7.89. The molecule has 1 aromatic heterocycles. The van der Waals surface area contributed by atoms with Gasteiger partial charge in [-0.1, -0.05) is 48.5 Å². The highest BCUT2D eigenvalue weighted by Gasteiger charge is 2.35. The molecule has 2 aromatic carbocycles. The lowest BCUT2D eigenvalue weighted by Crippen LogP contribution is -2.58. The number of nitrogens with zero attached hydrogens (tertiary/aromatic N) is 2. The molecule has 75 heavy (non-hydrogen) atoms. The maximum atomic E-state index is 14.7. The zero-order chi connectivity index (χ0) is 54.9. The smallest absolute Gasteiger partial charge is 0.326 e. The van der Waals surface area contributed by atoms with Crippen LogP contribution in [0.4, 0.5) is 0 Å². The van der Waals surface area contributed by atoms with Gasteiger partial charge in [0, 0.05) is 68.3 Å². The van der Waals surface area contributed by atoms with Crippen molar-refractivity contribution in [2.75, 3.05) is 26.2 Å². The molecule has 1 saturated heterocycles. The molecule has 0 aliphatic carbocycles. The Labute approximate surface area is 435 Å². The number of amides is 6. The summed E-state index contributed by atoms with van der Waals surface area (Å²) >= 11 is 0. The Bertz CT molecular complexity index is 2490. The number of aliphatic imine (C=N–C) groups is 2. The predicted molar refractivity (Wildman–Crippen MR) is 281 cm³/mol. The SMILES string of the molecule is CC(=O)N[C@@H](CCCN=C(N)N)C(=O)N[C@H]1CC(=O)NCCCC[C@@H](C(=O)O)NC(=O)[C@H](Cc2c[nH]c3ccccc23)CC(=O)[C@H](CCCN=C(N)N)CC(=O)[C@@H](Cc2ccccc2)NC(=O)[C@H](CCCN)NC1=O. The van der Waals surface area contributed by atoms with E-state index in [9.17, 15) is 48.3 Å². The Kier molecular flexibility index (Phi) is 24.6. The van der Waals surface area contributed by atoms with Crippen molar-refractivity contribution >= 4 is 75.8 Å². The zero-order valence-electron chi connectivity index (χ0n) is 42.4. The van der Waals surface area contributed by atoms with Crippen molar-refractivity contribution < 1.29 is 48.3 Å². The van der Waals surface area contributed by atoms with Crippen molar-refractivity contribution in [3.05, 3.63) is 71.9 Å². The first-order chi connectivity index (χ1) is 35.8. The van der Waals surface area contributed by atoms with Crippen LogP contribution in [0, 0.1) is 11.8 Å². The average molecular weight is 1040 g/mol. The number of ketones is 2. The number of Topliss-reactive ketones (excluding diaryl/α,β-unsaturated/α-hetero) is 2. The molecule has 6 amide bonds. The fraction of sp³-hybridized carbons (Fsp3) is 0.510. The molecule has 3 aromatic rings. The van der Waals surface area contributed by atoms with Gasteiger partial charge in [-0.2, -0.15) is 0 Å². The number of carboxylic acids is 1. The minimum Gasteiger partial charge on any atom is -0.480 e. The Balaban J connectivity index is 1.77. The quantitative estimate of drug-likeness (QED) is 0.0396. The molecule has 7 atom stereocenters. The zero-order valence-corrected chi connectivity index (χ0v) is 42.4. The molecule has 1 fully saturated rings. The van der Waals surface area contributed by atoms with E-state index in [0.29, 0.717) is 11.1 Å². The largest absolute Gasteiger partial charge is 0.480 e. The summed E-state index contributed by atoms with van der Waals surface area (Å²) in [5.41, 5.74) is 30.1. The molecule has 0 saturated carbocycles. The van der Waals surface area contributed by atoms with E-state index < -0.39 is 108 Å². The van der Waals surface area contributed by atoms with Gasteiger partial charge < -0.3 is 70.7 Å². The normalized spacial score (nSPS) is 21.3. The predicted octanol–water partition coefficient (Wildman–Crippen LogP) is -0.831. The van der Waals surface area contributed by atoms with Crippen LogP contribution in [-0.4, -0.2) is 131 Å². The standard InChI is InChI=1S/C51H74N14O10/c1-30(66)61-37(19-11-23-59-51(55)56)46(71)65-41-28-44(69)57-21-8-7-17-39(49(74)75)63-45(70)33(25-34-29-60-36-16-6-5-15-35(34)36)27-42(67)32(14-10-22-58-50(53)54)26-43(68)40(24-31-12-3-2-4-13-31)64-47(72)38(18-9-20-52)62-48(41)73/h2-6,12-13,15-16,29,32-33,37-41,60H,7-11,14,17-28,52H2,1H3,(H,57,69)(H,61,66)(H,62,73)(H,63,70)(H,64,72)(H,65,71)(H,74,75)(H4,53,54,58)(H4,55,56,59)/t32-,33-,37+,38+,39+,40-,41+/m1/s1. The van der Waals surface area contributed by atoms with Crippen LogP contribution in [0.15, 0.2) is 70.8 Å². The van der Waals surface area contributed by atoms with Crippen molar-refractivity contribution in [2.45, 2.75) is 127 Å². The lowest BCUT2D eigenvalue weighted by molar-refractivity contribution is -0.143. The van der Waals surface area contributed by atoms with E-state index in [1.807, 2.05) is 24.3 Å². The highest BCUT2D eigenvalue weighted by Crippen LogP contribution is 2.26. The van der Waals surface area contributed by atoms with Crippen LogP contribution < -0.4 is 60.6 Å². The third-order valence-electron chi connectivity index (χ3n) is 12.7. The first-order valence-electron chi connectivity index (χ1n) is 25.3. The number of para-hydroxylation sites is 1. The number of guanidine groups is 2. The minimum absolute atomic E-state index is 0.00133. The number of nitrogens with one attached hydrogen (secondary N) is 7. The summed E-state index contributed by atoms with van der Waals surface area (Å²) in [5.74, 6) is -9.34. The molecule has 18 N–H and O–H groups in total. The van der Waals surface area contributed by atoms with Gasteiger partial charge in [-0.15, -0.1) is 0 Å². The number of carbonyl (C=O) groups is 9. The monoisotopic (exact) mass is 1040 g/mol. The molecule has 0 bridgehead atoms. The van der Waals surface area contributed by atoms with E-state index in [4.69, 9.17) is 28.7 Å². The van der Waals surface area contributed by atoms with Gasteiger partial charge in [0.2, 0.25) is 35.4 Å². The molecule has 1 aliphatic heterocycles. The van der Waals surface area contributed by atoms with Crippen molar-refractivity contribution in [1.82, 2.24) is 36.9 Å². The van der Waals surface area contributed by atoms with Crippen LogP contribution in [0.2, 0.25) is 0 Å². The van der Waals surface area contributed by atoms with Crippen molar-refractivity contribution in [3.63, 3.8) is 0 Å². The maximum absolute atomic E-state index is 14.7. The third kappa shape index (κ3) is 20.9. The van der Waals surface area contributed by atoms with Gasteiger partial charge in [0.1, 0.15) is 30.0 Å². The first kappa shape index (κ1) is 59.7. The van der Waals surface area contributed by atoms with E-state index >= 15 is 0 Å². The lowest BCUT2D eigenvalue weighted by atomic mass is 9.83. The number of hydrogen-bond donors (Lipinski definition) is 13. The van der Waals surface area contributed by atoms with Crippen LogP contribution in [-0.2, 0) is 56.0 Å². The summed E-state index contributed by atoms with van der Waals surface area (Å²) in [6.45, 7) is 1.53. The van der Waals surface area contributed by atoms with E-state index in [1.54, 1.807) is 36.5 Å². The summed E-state index contributed by atoms with van der Waals surface area (Å²) in [7, 11) is 0. The van der Waals surface area contributed by atoms with E-state index in [0.717, 1.165) is 10.9 Å². The molecule has 408 valence electrons. The molecular weight excluding hydrogens is 969 g/mol. The van der Waals surface area contributed by atoms with Gasteiger partial charge in [0.25, 0.3) is 0 Å². The second kappa shape index (κ2) is 31.0.